The Morgan fingerprint density at radius 1 is 1.77 bits per heavy atom. The van der Waals surface area contributed by atoms with Crippen molar-refractivity contribution in [3.63, 3.8) is 0 Å². The van der Waals surface area contributed by atoms with Crippen LogP contribution in [0.2, 0.25) is 0 Å². The Hall–Kier alpha value is -1.11. The van der Waals surface area contributed by atoms with E-state index in [1.165, 1.54) is 4.68 Å². The van der Waals surface area contributed by atoms with Gasteiger partial charge in [-0.2, -0.15) is 4.98 Å². The van der Waals surface area contributed by atoms with Crippen LogP contribution in [0.15, 0.2) is 4.73 Å². The average Bonchev–Trinajstić information content (AvgIpc) is 2.30. The number of hydrogen-bond acceptors (Lipinski definition) is 5. The number of nitrogens with zero attached hydrogens (tertiary/aromatic N) is 3. The molecule has 0 atom stereocenters. The summed E-state index contributed by atoms with van der Waals surface area (Å²) in [6.07, 6.45) is 0. The number of carbonyl (C=O) groups excluding carboxylic acids is 1. The van der Waals surface area contributed by atoms with Gasteiger partial charge in [-0.25, -0.2) is 4.68 Å². The zero-order valence-electron chi connectivity index (χ0n) is 7.03. The molecule has 0 amide bonds. The molecule has 0 aliphatic carbocycles. The zero-order valence-corrected chi connectivity index (χ0v) is 8.61. The molecule has 6 nitrogen and oxygen atoms in total. The number of ether oxygens (including phenoxy) is 1. The van der Waals surface area contributed by atoms with Gasteiger partial charge in [0.15, 0.2) is 4.73 Å². The maximum atomic E-state index is 11.0. The van der Waals surface area contributed by atoms with Crippen LogP contribution in [0.1, 0.15) is 6.92 Å². The van der Waals surface area contributed by atoms with Crippen LogP contribution in [0.3, 0.4) is 0 Å². The summed E-state index contributed by atoms with van der Waals surface area (Å²) in [4.78, 5) is 14.8. The number of esters is 1. The van der Waals surface area contributed by atoms with Crippen molar-refractivity contribution in [3.8, 4) is 0 Å². The van der Waals surface area contributed by atoms with Crippen LogP contribution in [0.4, 0.5) is 5.95 Å². The minimum atomic E-state index is -0.367. The molecule has 72 valence electrons. The number of nitrogens with two attached hydrogens (primary N) is 1. The van der Waals surface area contributed by atoms with E-state index in [0.29, 0.717) is 11.3 Å². The van der Waals surface area contributed by atoms with Gasteiger partial charge < -0.3 is 10.5 Å². The van der Waals surface area contributed by atoms with E-state index in [1.54, 1.807) is 6.92 Å². The molecule has 1 rings (SSSR count). The van der Waals surface area contributed by atoms with E-state index in [-0.39, 0.29) is 18.5 Å². The van der Waals surface area contributed by atoms with Crippen LogP contribution in [0.25, 0.3) is 0 Å². The molecule has 13 heavy (non-hydrogen) atoms. The Bertz CT molecular complexity index is 312. The zero-order chi connectivity index (χ0) is 9.84. The largest absolute Gasteiger partial charge is 0.465 e. The maximum absolute atomic E-state index is 11.0. The topological polar surface area (TPSA) is 83.0 Å². The number of aromatic nitrogens is 3. The predicted octanol–water partition coefficient (Wildman–Crippen LogP) is 0.186. The van der Waals surface area contributed by atoms with Crippen LogP contribution < -0.4 is 5.73 Å². The fourth-order valence-corrected chi connectivity index (χ4v) is 1.16. The first kappa shape index (κ1) is 9.97. The van der Waals surface area contributed by atoms with Crippen molar-refractivity contribution >= 4 is 27.8 Å². The van der Waals surface area contributed by atoms with Crippen molar-refractivity contribution in [1.82, 2.24) is 14.8 Å². The highest BCUT2D eigenvalue weighted by Crippen LogP contribution is 2.07. The molecule has 0 aromatic carbocycles. The molecule has 1 aromatic heterocycles. The fraction of sp³-hybridized carbons (Fsp3) is 0.500. The van der Waals surface area contributed by atoms with Gasteiger partial charge in [-0.1, -0.05) is 0 Å². The molecular formula is C6H9BrN4O2. The lowest BCUT2D eigenvalue weighted by atomic mass is 10.6. The summed E-state index contributed by atoms with van der Waals surface area (Å²) in [5.74, 6) is -0.246. The first-order chi connectivity index (χ1) is 6.13. The third-order valence-electron chi connectivity index (χ3n) is 1.23. The molecule has 0 saturated heterocycles. The Labute approximate surface area is 83.2 Å². The highest BCUT2D eigenvalue weighted by Gasteiger charge is 2.09. The van der Waals surface area contributed by atoms with Crippen LogP contribution in [0.5, 0.6) is 0 Å². The third kappa shape index (κ3) is 2.69. The minimum Gasteiger partial charge on any atom is -0.465 e. The summed E-state index contributed by atoms with van der Waals surface area (Å²) in [6.45, 7) is 2.10. The van der Waals surface area contributed by atoms with Gasteiger partial charge in [0.1, 0.15) is 6.54 Å². The van der Waals surface area contributed by atoms with Crippen LogP contribution >= 0.6 is 15.9 Å². The van der Waals surface area contributed by atoms with E-state index in [2.05, 4.69) is 26.0 Å². The maximum Gasteiger partial charge on any atom is 0.327 e. The number of carbonyl (C=O) groups is 1. The van der Waals surface area contributed by atoms with Gasteiger partial charge in [0.25, 0.3) is 0 Å². The van der Waals surface area contributed by atoms with Crippen LogP contribution in [0, 0.1) is 0 Å². The van der Waals surface area contributed by atoms with Crippen molar-refractivity contribution in [2.75, 3.05) is 12.3 Å². The van der Waals surface area contributed by atoms with E-state index in [4.69, 9.17) is 10.5 Å². The fourth-order valence-electron chi connectivity index (χ4n) is 0.769. The molecule has 2 N–H and O–H groups in total. The number of hydrogen-bond donors (Lipinski definition) is 1. The SMILES string of the molecule is CCOC(=O)Cn1nc(N)nc1Br. The Kier molecular flexibility index (Phi) is 3.24. The Balaban J connectivity index is 2.63. The number of rotatable bonds is 3. The summed E-state index contributed by atoms with van der Waals surface area (Å²) in [5, 5.41) is 3.77. The molecule has 7 heteroatoms. The lowest BCUT2D eigenvalue weighted by Gasteiger charge is -2.01. The van der Waals surface area contributed by atoms with Gasteiger partial charge in [0.2, 0.25) is 5.95 Å². The van der Waals surface area contributed by atoms with Crippen LogP contribution in [-0.4, -0.2) is 27.3 Å². The van der Waals surface area contributed by atoms with Gasteiger partial charge in [0.05, 0.1) is 6.61 Å². The smallest absolute Gasteiger partial charge is 0.327 e. The molecule has 1 aromatic rings. The van der Waals surface area contributed by atoms with E-state index in [0.717, 1.165) is 0 Å². The van der Waals surface area contributed by atoms with E-state index >= 15 is 0 Å². The Morgan fingerprint density at radius 3 is 2.92 bits per heavy atom. The number of halogens is 1. The van der Waals surface area contributed by atoms with Gasteiger partial charge >= 0.3 is 5.97 Å². The minimum absolute atomic E-state index is 0.0125. The molecule has 0 spiro atoms. The second-order valence-corrected chi connectivity index (χ2v) is 2.91. The molecule has 0 aliphatic rings. The van der Waals surface area contributed by atoms with Gasteiger partial charge in [-0.15, -0.1) is 5.10 Å². The van der Waals surface area contributed by atoms with Crippen molar-refractivity contribution < 1.29 is 9.53 Å². The second-order valence-electron chi connectivity index (χ2n) is 2.20. The predicted molar refractivity (Wildman–Crippen MR) is 48.8 cm³/mol. The second kappa shape index (κ2) is 4.22. The summed E-state index contributed by atoms with van der Waals surface area (Å²) in [5.41, 5.74) is 5.30. The van der Waals surface area contributed by atoms with E-state index in [9.17, 15) is 4.79 Å². The standard InChI is InChI=1S/C6H9BrN4O2/c1-2-13-4(12)3-11-5(7)9-6(8)10-11/h2-3H2,1H3,(H2,8,10). The summed E-state index contributed by atoms with van der Waals surface area (Å²) in [6, 6.07) is 0. The Morgan fingerprint density at radius 2 is 2.46 bits per heavy atom. The molecule has 0 unspecified atom stereocenters. The molecule has 0 radical (unpaired) electrons. The highest BCUT2D eigenvalue weighted by molar-refractivity contribution is 9.10. The number of anilines is 1. The van der Waals surface area contributed by atoms with E-state index < -0.39 is 0 Å². The summed E-state index contributed by atoms with van der Waals surface area (Å²) < 4.78 is 6.46. The van der Waals surface area contributed by atoms with Crippen molar-refractivity contribution in [1.29, 1.82) is 0 Å². The highest BCUT2D eigenvalue weighted by atomic mass is 79.9. The van der Waals surface area contributed by atoms with Crippen LogP contribution in [-0.2, 0) is 16.1 Å². The number of nitrogen functional groups attached to an aromatic ring is 1. The molecule has 1 heterocycles. The van der Waals surface area contributed by atoms with E-state index in [1.807, 2.05) is 0 Å². The van der Waals surface area contributed by atoms with Gasteiger partial charge in [0, 0.05) is 0 Å². The lowest BCUT2D eigenvalue weighted by molar-refractivity contribution is -0.144. The lowest BCUT2D eigenvalue weighted by Crippen LogP contribution is -2.14. The molecule has 0 aliphatic heterocycles. The molecule has 0 bridgehead atoms. The van der Waals surface area contributed by atoms with Crippen molar-refractivity contribution in [3.05, 3.63) is 4.73 Å². The molecule has 0 fully saturated rings. The quantitative estimate of drug-likeness (QED) is 0.773. The van der Waals surface area contributed by atoms with Crippen molar-refractivity contribution in [2.24, 2.45) is 0 Å². The molecular weight excluding hydrogens is 240 g/mol. The summed E-state index contributed by atoms with van der Waals surface area (Å²) in [7, 11) is 0. The van der Waals surface area contributed by atoms with Gasteiger partial charge in [-0.05, 0) is 22.9 Å². The third-order valence-corrected chi connectivity index (χ3v) is 1.81. The monoisotopic (exact) mass is 248 g/mol. The van der Waals surface area contributed by atoms with Gasteiger partial charge in [-0.3, -0.25) is 4.79 Å². The normalized spacial score (nSPS) is 10.0. The summed E-state index contributed by atoms with van der Waals surface area (Å²) >= 11 is 3.10. The van der Waals surface area contributed by atoms with Crippen molar-refractivity contribution in [2.45, 2.75) is 13.5 Å². The molecule has 0 saturated carbocycles. The first-order valence-corrected chi connectivity index (χ1v) is 4.44. The first-order valence-electron chi connectivity index (χ1n) is 3.65. The average molecular weight is 249 g/mol.